The Labute approximate surface area is 148 Å². The van der Waals surface area contributed by atoms with Gasteiger partial charge < -0.3 is 9.15 Å². The topological polar surface area (TPSA) is 25.6 Å². The van der Waals surface area contributed by atoms with Gasteiger partial charge in [0, 0.05) is 18.0 Å². The Morgan fingerprint density at radius 2 is 2.04 bits per heavy atom. The molecule has 120 valence electrons. The van der Waals surface area contributed by atoms with Crippen LogP contribution in [-0.2, 0) is 19.6 Å². The summed E-state index contributed by atoms with van der Waals surface area (Å²) in [6.07, 6.45) is 1.72. The summed E-state index contributed by atoms with van der Waals surface area (Å²) in [5.41, 5.74) is 1.24. The molecule has 2 aromatic heterocycles. The average molecular weight is 392 g/mol. The average Bonchev–Trinajstić information content (AvgIpc) is 3.21. The molecule has 0 aliphatic rings. The molecule has 0 amide bonds. The second-order valence-corrected chi connectivity index (χ2v) is 7.16. The van der Waals surface area contributed by atoms with Gasteiger partial charge in [-0.1, -0.05) is 12.1 Å². The number of hydrogen-bond donors (Lipinski definition) is 0. The molecule has 0 unspecified atom stereocenters. The van der Waals surface area contributed by atoms with Crippen LogP contribution >= 0.6 is 27.3 Å². The molecule has 3 rings (SSSR count). The first kappa shape index (κ1) is 16.3. The summed E-state index contributed by atoms with van der Waals surface area (Å²) in [6.45, 7) is 2.54. The van der Waals surface area contributed by atoms with Gasteiger partial charge in [0.05, 0.1) is 24.4 Å². The summed E-state index contributed by atoms with van der Waals surface area (Å²) in [5, 5.41) is 2.12. The van der Waals surface area contributed by atoms with Crippen LogP contribution < -0.4 is 4.74 Å². The number of furan rings is 1. The molecule has 0 fully saturated rings. The quantitative estimate of drug-likeness (QED) is 0.545. The van der Waals surface area contributed by atoms with E-state index in [2.05, 4.69) is 50.5 Å². The van der Waals surface area contributed by atoms with Crippen LogP contribution in [0.4, 0.5) is 0 Å². The lowest BCUT2D eigenvalue weighted by Crippen LogP contribution is -2.21. The third-order valence-corrected chi connectivity index (χ3v) is 5.02. The van der Waals surface area contributed by atoms with Crippen molar-refractivity contribution in [3.63, 3.8) is 0 Å². The van der Waals surface area contributed by atoms with Gasteiger partial charge in [-0.3, -0.25) is 4.90 Å². The van der Waals surface area contributed by atoms with Crippen molar-refractivity contribution < 1.29 is 9.15 Å². The van der Waals surface area contributed by atoms with E-state index < -0.39 is 0 Å². The Kier molecular flexibility index (Phi) is 5.54. The fourth-order valence-electron chi connectivity index (χ4n) is 2.48. The summed E-state index contributed by atoms with van der Waals surface area (Å²) in [6, 6.07) is 14.4. The molecule has 1 aromatic carbocycles. The Hall–Kier alpha value is -1.56. The predicted octanol–water partition coefficient (Wildman–Crippen LogP) is 5.31. The van der Waals surface area contributed by atoms with Crippen LogP contribution in [0.15, 0.2) is 63.0 Å². The number of methoxy groups -OCH3 is 1. The fourth-order valence-corrected chi connectivity index (χ4v) is 3.81. The number of rotatable bonds is 7. The van der Waals surface area contributed by atoms with E-state index in [1.165, 1.54) is 10.4 Å². The SMILES string of the molecule is COc1ccc(CN(Cc2ccco2)Cc2cccs2)cc1Br. The van der Waals surface area contributed by atoms with E-state index in [-0.39, 0.29) is 0 Å². The molecule has 2 heterocycles. The molecule has 23 heavy (non-hydrogen) atoms. The van der Waals surface area contributed by atoms with Gasteiger partial charge >= 0.3 is 0 Å². The largest absolute Gasteiger partial charge is 0.496 e. The van der Waals surface area contributed by atoms with Crippen molar-refractivity contribution in [3.8, 4) is 5.75 Å². The van der Waals surface area contributed by atoms with E-state index in [1.807, 2.05) is 18.2 Å². The molecular weight excluding hydrogens is 374 g/mol. The van der Waals surface area contributed by atoms with Crippen LogP contribution in [-0.4, -0.2) is 12.0 Å². The molecule has 3 aromatic rings. The molecule has 0 N–H and O–H groups in total. The number of halogens is 1. The van der Waals surface area contributed by atoms with Crippen molar-refractivity contribution in [2.45, 2.75) is 19.6 Å². The highest BCUT2D eigenvalue weighted by molar-refractivity contribution is 9.10. The second kappa shape index (κ2) is 7.81. The molecule has 0 atom stereocenters. The van der Waals surface area contributed by atoms with Crippen molar-refractivity contribution in [3.05, 3.63) is 74.8 Å². The van der Waals surface area contributed by atoms with Crippen molar-refractivity contribution in [2.75, 3.05) is 7.11 Å². The number of nitrogens with zero attached hydrogens (tertiary/aromatic N) is 1. The van der Waals surface area contributed by atoms with Gasteiger partial charge in [-0.2, -0.15) is 0 Å². The molecule has 0 bridgehead atoms. The summed E-state index contributed by atoms with van der Waals surface area (Å²) in [5.74, 6) is 1.83. The molecule has 5 heteroatoms. The Morgan fingerprint density at radius 1 is 1.13 bits per heavy atom. The summed E-state index contributed by atoms with van der Waals surface area (Å²) in [7, 11) is 1.68. The maximum Gasteiger partial charge on any atom is 0.133 e. The van der Waals surface area contributed by atoms with Gasteiger partial charge in [-0.25, -0.2) is 0 Å². The number of thiophene rings is 1. The minimum absolute atomic E-state index is 0.786. The standard InChI is InChI=1S/C18H18BrNO2S/c1-21-18-7-6-14(10-17(18)19)11-20(12-15-4-2-8-22-15)13-16-5-3-9-23-16/h2-10H,11-13H2,1H3. The highest BCUT2D eigenvalue weighted by atomic mass is 79.9. The number of benzene rings is 1. The van der Waals surface area contributed by atoms with Crippen molar-refractivity contribution in [2.24, 2.45) is 0 Å². The van der Waals surface area contributed by atoms with Crippen LogP contribution in [0, 0.1) is 0 Å². The first-order chi connectivity index (χ1) is 11.2. The fraction of sp³-hybridized carbons (Fsp3) is 0.222. The van der Waals surface area contributed by atoms with Gasteiger partial charge in [0.1, 0.15) is 11.5 Å². The van der Waals surface area contributed by atoms with Crippen LogP contribution in [0.1, 0.15) is 16.2 Å². The molecule has 0 saturated carbocycles. The zero-order chi connectivity index (χ0) is 16.1. The Morgan fingerprint density at radius 3 is 2.70 bits per heavy atom. The summed E-state index contributed by atoms with van der Waals surface area (Å²) >= 11 is 5.34. The zero-order valence-corrected chi connectivity index (χ0v) is 15.3. The highest BCUT2D eigenvalue weighted by Crippen LogP contribution is 2.27. The van der Waals surface area contributed by atoms with E-state index >= 15 is 0 Å². The lowest BCUT2D eigenvalue weighted by atomic mass is 10.2. The third kappa shape index (κ3) is 4.47. The lowest BCUT2D eigenvalue weighted by molar-refractivity contribution is 0.228. The second-order valence-electron chi connectivity index (χ2n) is 5.27. The summed E-state index contributed by atoms with van der Waals surface area (Å²) in [4.78, 5) is 3.72. The lowest BCUT2D eigenvalue weighted by Gasteiger charge is -2.21. The minimum atomic E-state index is 0.786. The van der Waals surface area contributed by atoms with E-state index in [9.17, 15) is 0 Å². The molecular formula is C18H18BrNO2S. The van der Waals surface area contributed by atoms with Gasteiger partial charge in [0.25, 0.3) is 0 Å². The van der Waals surface area contributed by atoms with Gasteiger partial charge in [-0.05, 0) is 57.2 Å². The predicted molar refractivity (Wildman–Crippen MR) is 96.7 cm³/mol. The van der Waals surface area contributed by atoms with E-state index in [0.29, 0.717) is 0 Å². The van der Waals surface area contributed by atoms with Crippen LogP contribution in [0.5, 0.6) is 5.75 Å². The normalized spacial score (nSPS) is 11.1. The van der Waals surface area contributed by atoms with E-state index in [1.54, 1.807) is 24.7 Å². The van der Waals surface area contributed by atoms with Crippen LogP contribution in [0.2, 0.25) is 0 Å². The van der Waals surface area contributed by atoms with E-state index in [4.69, 9.17) is 9.15 Å². The molecule has 3 nitrogen and oxygen atoms in total. The van der Waals surface area contributed by atoms with Gasteiger partial charge in [0.15, 0.2) is 0 Å². The summed E-state index contributed by atoms with van der Waals surface area (Å²) < 4.78 is 11.8. The van der Waals surface area contributed by atoms with Crippen molar-refractivity contribution in [1.29, 1.82) is 0 Å². The maximum absolute atomic E-state index is 5.51. The molecule has 0 radical (unpaired) electrons. The molecule has 0 saturated heterocycles. The van der Waals surface area contributed by atoms with Crippen molar-refractivity contribution in [1.82, 2.24) is 4.90 Å². The molecule has 0 spiro atoms. The number of hydrogen-bond acceptors (Lipinski definition) is 4. The van der Waals surface area contributed by atoms with Crippen molar-refractivity contribution >= 4 is 27.3 Å². The smallest absolute Gasteiger partial charge is 0.133 e. The van der Waals surface area contributed by atoms with Crippen LogP contribution in [0.25, 0.3) is 0 Å². The first-order valence-electron chi connectivity index (χ1n) is 7.34. The van der Waals surface area contributed by atoms with Gasteiger partial charge in [0.2, 0.25) is 0 Å². The first-order valence-corrected chi connectivity index (χ1v) is 9.01. The third-order valence-electron chi connectivity index (χ3n) is 3.54. The zero-order valence-electron chi connectivity index (χ0n) is 12.9. The van der Waals surface area contributed by atoms with E-state index in [0.717, 1.165) is 35.6 Å². The maximum atomic E-state index is 5.51. The van der Waals surface area contributed by atoms with Crippen LogP contribution in [0.3, 0.4) is 0 Å². The molecule has 0 aliphatic heterocycles. The molecule has 0 aliphatic carbocycles. The monoisotopic (exact) mass is 391 g/mol. The minimum Gasteiger partial charge on any atom is -0.496 e. The highest BCUT2D eigenvalue weighted by Gasteiger charge is 2.12. The number of ether oxygens (including phenoxy) is 1. The Balaban J connectivity index is 1.75. The Bertz CT molecular complexity index is 689. The van der Waals surface area contributed by atoms with Gasteiger partial charge in [-0.15, -0.1) is 11.3 Å².